The lowest BCUT2D eigenvalue weighted by molar-refractivity contribution is -0.140. The fourth-order valence-electron chi connectivity index (χ4n) is 4.88. The molecule has 0 radical (unpaired) electrons. The molecule has 0 saturated heterocycles. The minimum absolute atomic E-state index is 0.0377. The van der Waals surface area contributed by atoms with Gasteiger partial charge in [0.25, 0.3) is 0 Å². The molecule has 0 amide bonds. The third-order valence-electron chi connectivity index (χ3n) is 7.66. The molecule has 2 N–H and O–H groups in total. The molecule has 3 aromatic rings. The standard InChI is InChI=1S/C37H43ClO6/c1-5-7-8-9-28-14-15-32(18-27(28)6-2)34-17-16-31(19-35(34)38)29-10-12-30(13-11-29)33(23-44-37(42)26(4)21-40)22-43-24-36(41)25(3)20-39/h10-19,33,39-40H,3-9,20-24H2,1-2H3. The monoisotopic (exact) mass is 618 g/mol. The lowest BCUT2D eigenvalue weighted by Crippen LogP contribution is -2.21. The Morgan fingerprint density at radius 1 is 0.818 bits per heavy atom. The van der Waals surface area contributed by atoms with Crippen molar-refractivity contribution in [1.82, 2.24) is 0 Å². The molecule has 234 valence electrons. The molecule has 0 saturated carbocycles. The highest BCUT2D eigenvalue weighted by molar-refractivity contribution is 6.33. The third kappa shape index (κ3) is 9.73. The number of aliphatic hydroxyl groups is 2. The van der Waals surface area contributed by atoms with Crippen molar-refractivity contribution in [2.24, 2.45) is 0 Å². The highest BCUT2D eigenvalue weighted by atomic mass is 35.5. The summed E-state index contributed by atoms with van der Waals surface area (Å²) in [7, 11) is 0. The van der Waals surface area contributed by atoms with Crippen LogP contribution in [-0.2, 0) is 31.9 Å². The third-order valence-corrected chi connectivity index (χ3v) is 7.98. The molecule has 0 heterocycles. The molecule has 0 aliphatic carbocycles. The second-order valence-electron chi connectivity index (χ2n) is 10.9. The van der Waals surface area contributed by atoms with Crippen LogP contribution in [0.1, 0.15) is 55.7 Å². The van der Waals surface area contributed by atoms with Gasteiger partial charge in [-0.1, -0.05) is 106 Å². The molecule has 3 aromatic carbocycles. The first-order chi connectivity index (χ1) is 21.2. The van der Waals surface area contributed by atoms with E-state index >= 15 is 0 Å². The van der Waals surface area contributed by atoms with Gasteiger partial charge < -0.3 is 19.7 Å². The van der Waals surface area contributed by atoms with Crippen LogP contribution < -0.4 is 0 Å². The number of hydrogen-bond acceptors (Lipinski definition) is 6. The second-order valence-corrected chi connectivity index (χ2v) is 11.3. The largest absolute Gasteiger partial charge is 0.462 e. The number of Topliss-reactive ketones (excluding diaryl/α,β-unsaturated/α-hetero) is 1. The van der Waals surface area contributed by atoms with E-state index in [1.165, 1.54) is 30.4 Å². The number of unbranched alkanes of at least 4 members (excludes halogenated alkanes) is 2. The van der Waals surface area contributed by atoms with Crippen molar-refractivity contribution in [1.29, 1.82) is 0 Å². The first-order valence-electron chi connectivity index (χ1n) is 15.1. The molecule has 7 heteroatoms. The Morgan fingerprint density at radius 3 is 2.14 bits per heavy atom. The maximum absolute atomic E-state index is 12.1. The first kappa shape index (κ1) is 34.9. The molecule has 0 aliphatic rings. The van der Waals surface area contributed by atoms with Crippen molar-refractivity contribution in [2.75, 3.05) is 33.0 Å². The van der Waals surface area contributed by atoms with Crippen LogP contribution in [0.15, 0.2) is 85.0 Å². The number of ketones is 1. The average molecular weight is 619 g/mol. The van der Waals surface area contributed by atoms with E-state index in [9.17, 15) is 14.7 Å². The molecule has 0 aromatic heterocycles. The fraction of sp³-hybridized carbons (Fsp3) is 0.351. The zero-order valence-electron chi connectivity index (χ0n) is 25.7. The van der Waals surface area contributed by atoms with Crippen LogP contribution in [-0.4, -0.2) is 55.0 Å². The van der Waals surface area contributed by atoms with E-state index in [0.29, 0.717) is 5.02 Å². The molecule has 1 atom stereocenters. The van der Waals surface area contributed by atoms with Gasteiger partial charge in [-0.15, -0.1) is 0 Å². The molecule has 0 bridgehead atoms. The Balaban J connectivity index is 1.77. The molecule has 1 unspecified atom stereocenters. The van der Waals surface area contributed by atoms with Crippen molar-refractivity contribution in [3.63, 3.8) is 0 Å². The molecule has 0 fully saturated rings. The number of ether oxygens (including phenoxy) is 2. The zero-order chi connectivity index (χ0) is 32.1. The van der Waals surface area contributed by atoms with E-state index in [2.05, 4.69) is 57.3 Å². The average Bonchev–Trinajstić information content (AvgIpc) is 3.05. The number of hydrogen-bond donors (Lipinski definition) is 2. The van der Waals surface area contributed by atoms with Crippen molar-refractivity contribution in [3.05, 3.63) is 107 Å². The quantitative estimate of drug-likeness (QED) is 0.0884. The van der Waals surface area contributed by atoms with Crippen LogP contribution in [0.2, 0.25) is 5.02 Å². The maximum Gasteiger partial charge on any atom is 0.335 e. The highest BCUT2D eigenvalue weighted by Gasteiger charge is 2.18. The number of rotatable bonds is 18. The number of esters is 1. The van der Waals surface area contributed by atoms with Gasteiger partial charge in [-0.05, 0) is 58.7 Å². The Bertz CT molecular complexity index is 1440. The second kappa shape index (κ2) is 17.7. The predicted molar refractivity (Wildman–Crippen MR) is 177 cm³/mol. The SMILES string of the molecule is C=C(CO)C(=O)COCC(COC(=O)C(=C)CO)c1ccc(-c2ccc(-c3ccc(CCCCC)c(CC)c3)c(Cl)c2)cc1. The van der Waals surface area contributed by atoms with Crippen molar-refractivity contribution in [3.8, 4) is 22.3 Å². The topological polar surface area (TPSA) is 93.1 Å². The molecule has 0 aliphatic heterocycles. The summed E-state index contributed by atoms with van der Waals surface area (Å²) in [5, 5.41) is 19.0. The number of halogens is 1. The lowest BCUT2D eigenvalue weighted by Gasteiger charge is -2.18. The van der Waals surface area contributed by atoms with Crippen molar-refractivity contribution < 1.29 is 29.3 Å². The molecule has 0 spiro atoms. The van der Waals surface area contributed by atoms with Crippen LogP contribution in [0.25, 0.3) is 22.3 Å². The predicted octanol–water partition coefficient (Wildman–Crippen LogP) is 7.28. The molecule has 44 heavy (non-hydrogen) atoms. The number of carbonyl (C=O) groups excluding carboxylic acids is 2. The van der Waals surface area contributed by atoms with Crippen LogP contribution in [0, 0.1) is 0 Å². The van der Waals surface area contributed by atoms with Gasteiger partial charge in [-0.2, -0.15) is 0 Å². The van der Waals surface area contributed by atoms with Gasteiger partial charge in [0, 0.05) is 22.1 Å². The van der Waals surface area contributed by atoms with E-state index in [-0.39, 0.29) is 31.0 Å². The van der Waals surface area contributed by atoms with Gasteiger partial charge in [-0.25, -0.2) is 4.79 Å². The molecule has 6 nitrogen and oxygen atoms in total. The van der Waals surface area contributed by atoms with E-state index in [1.54, 1.807) is 0 Å². The van der Waals surface area contributed by atoms with E-state index in [0.717, 1.165) is 40.7 Å². The maximum atomic E-state index is 12.1. The highest BCUT2D eigenvalue weighted by Crippen LogP contribution is 2.34. The Morgan fingerprint density at radius 2 is 1.50 bits per heavy atom. The minimum Gasteiger partial charge on any atom is -0.462 e. The zero-order valence-corrected chi connectivity index (χ0v) is 26.5. The summed E-state index contributed by atoms with van der Waals surface area (Å²) in [6.45, 7) is 10.3. The summed E-state index contributed by atoms with van der Waals surface area (Å²) in [6.07, 6.45) is 5.74. The Labute approximate surface area is 266 Å². The summed E-state index contributed by atoms with van der Waals surface area (Å²) in [6, 6.07) is 20.5. The van der Waals surface area contributed by atoms with Crippen LogP contribution in [0.3, 0.4) is 0 Å². The summed E-state index contributed by atoms with van der Waals surface area (Å²) >= 11 is 6.82. The normalized spacial score (nSPS) is 11.7. The summed E-state index contributed by atoms with van der Waals surface area (Å²) in [4.78, 5) is 24.1. The lowest BCUT2D eigenvalue weighted by atomic mass is 9.93. The number of carbonyl (C=O) groups is 2. The summed E-state index contributed by atoms with van der Waals surface area (Å²) in [5.74, 6) is -1.49. The van der Waals surface area contributed by atoms with E-state index in [1.807, 2.05) is 30.3 Å². The summed E-state index contributed by atoms with van der Waals surface area (Å²) in [5.41, 5.74) is 7.64. The van der Waals surface area contributed by atoms with Crippen LogP contribution in [0.4, 0.5) is 0 Å². The van der Waals surface area contributed by atoms with Crippen LogP contribution in [0.5, 0.6) is 0 Å². The summed E-state index contributed by atoms with van der Waals surface area (Å²) < 4.78 is 10.9. The Kier molecular flexibility index (Phi) is 14.0. The van der Waals surface area contributed by atoms with Gasteiger partial charge in [0.15, 0.2) is 5.78 Å². The van der Waals surface area contributed by atoms with Gasteiger partial charge in [0.05, 0.1) is 25.4 Å². The molecular weight excluding hydrogens is 576 g/mol. The minimum atomic E-state index is -0.703. The Hall–Kier alpha value is -3.55. The van der Waals surface area contributed by atoms with Gasteiger partial charge in [-0.3, -0.25) is 4.79 Å². The fourth-order valence-corrected chi connectivity index (χ4v) is 5.17. The van der Waals surface area contributed by atoms with Gasteiger partial charge >= 0.3 is 5.97 Å². The molecule has 3 rings (SSSR count). The van der Waals surface area contributed by atoms with Crippen molar-refractivity contribution in [2.45, 2.75) is 51.9 Å². The number of benzene rings is 3. The number of aliphatic hydroxyl groups excluding tert-OH is 2. The first-order valence-corrected chi connectivity index (χ1v) is 15.5. The smallest absolute Gasteiger partial charge is 0.335 e. The molecular formula is C37H43ClO6. The van der Waals surface area contributed by atoms with Gasteiger partial charge in [0.2, 0.25) is 0 Å². The van der Waals surface area contributed by atoms with E-state index < -0.39 is 30.9 Å². The van der Waals surface area contributed by atoms with E-state index in [4.69, 9.17) is 26.2 Å². The van der Waals surface area contributed by atoms with Crippen LogP contribution >= 0.6 is 11.6 Å². The van der Waals surface area contributed by atoms with Crippen molar-refractivity contribution >= 4 is 23.4 Å². The number of aryl methyl sites for hydroxylation is 2. The van der Waals surface area contributed by atoms with Gasteiger partial charge in [0.1, 0.15) is 13.2 Å².